The Bertz CT molecular complexity index is 340. The molecule has 2 atom stereocenters. The van der Waals surface area contributed by atoms with Crippen molar-refractivity contribution in [2.45, 2.75) is 12.1 Å². The summed E-state index contributed by atoms with van der Waals surface area (Å²) in [4.78, 5) is 17.0. The van der Waals surface area contributed by atoms with Gasteiger partial charge in [-0.25, -0.2) is 0 Å². The maximum absolute atomic E-state index is 11.1. The van der Waals surface area contributed by atoms with Gasteiger partial charge in [0.1, 0.15) is 6.04 Å². The molecule has 2 unspecified atom stereocenters. The van der Waals surface area contributed by atoms with Crippen molar-refractivity contribution in [2.75, 3.05) is 21.1 Å². The van der Waals surface area contributed by atoms with Gasteiger partial charge in [0.15, 0.2) is 0 Å². The van der Waals surface area contributed by atoms with Gasteiger partial charge in [0.25, 0.3) is 0 Å². The van der Waals surface area contributed by atoms with Crippen LogP contribution in [-0.2, 0) is 4.79 Å². The van der Waals surface area contributed by atoms with Crippen molar-refractivity contribution in [1.82, 2.24) is 15.2 Å². The first-order valence-corrected chi connectivity index (χ1v) is 5.04. The third kappa shape index (κ3) is 2.77. The van der Waals surface area contributed by atoms with Gasteiger partial charge >= 0.3 is 5.97 Å². The molecule has 0 aliphatic rings. The van der Waals surface area contributed by atoms with E-state index in [0.29, 0.717) is 0 Å². The van der Waals surface area contributed by atoms with Crippen molar-refractivity contribution in [3.05, 3.63) is 30.1 Å². The molecule has 0 saturated carbocycles. The maximum atomic E-state index is 11.1. The first kappa shape index (κ1) is 12.6. The zero-order valence-electron chi connectivity index (χ0n) is 9.71. The van der Waals surface area contributed by atoms with E-state index in [2.05, 4.69) is 10.3 Å². The molecule has 0 aliphatic carbocycles. The number of carbonyl (C=O) groups is 1. The van der Waals surface area contributed by atoms with Crippen LogP contribution >= 0.6 is 0 Å². The summed E-state index contributed by atoms with van der Waals surface area (Å²) in [5.74, 6) is -0.863. The van der Waals surface area contributed by atoms with Gasteiger partial charge in [-0.05, 0) is 38.8 Å². The second kappa shape index (κ2) is 5.58. The van der Waals surface area contributed by atoms with Crippen LogP contribution in [0.5, 0.6) is 0 Å². The summed E-state index contributed by atoms with van der Waals surface area (Å²) in [5, 5.41) is 12.0. The summed E-state index contributed by atoms with van der Waals surface area (Å²) in [6.45, 7) is 0. The predicted octanol–water partition coefficient (Wildman–Crippen LogP) is 0.357. The van der Waals surface area contributed by atoms with Crippen molar-refractivity contribution in [3.8, 4) is 0 Å². The average molecular weight is 223 g/mol. The van der Waals surface area contributed by atoms with Gasteiger partial charge in [-0.15, -0.1) is 0 Å². The lowest BCUT2D eigenvalue weighted by Crippen LogP contribution is -2.45. The van der Waals surface area contributed by atoms with Gasteiger partial charge in [0.05, 0.1) is 6.04 Å². The van der Waals surface area contributed by atoms with E-state index in [9.17, 15) is 4.79 Å². The SMILES string of the molecule is CNC(C(=O)O)C(c1ccncc1)N(C)C. The smallest absolute Gasteiger partial charge is 0.322 e. The molecule has 1 rings (SSSR count). The fourth-order valence-electron chi connectivity index (χ4n) is 1.77. The normalized spacial score (nSPS) is 14.8. The average Bonchev–Trinajstić information content (AvgIpc) is 2.25. The summed E-state index contributed by atoms with van der Waals surface area (Å²) in [6.07, 6.45) is 3.33. The number of carboxylic acids is 1. The number of likely N-dealkylation sites (N-methyl/N-ethyl adjacent to an activating group) is 2. The summed E-state index contributed by atoms with van der Waals surface area (Å²) >= 11 is 0. The summed E-state index contributed by atoms with van der Waals surface area (Å²) in [7, 11) is 5.37. The topological polar surface area (TPSA) is 65.5 Å². The molecule has 0 aliphatic heterocycles. The van der Waals surface area contributed by atoms with E-state index in [1.165, 1.54) is 0 Å². The minimum Gasteiger partial charge on any atom is -0.480 e. The molecule has 2 N–H and O–H groups in total. The maximum Gasteiger partial charge on any atom is 0.322 e. The first-order valence-electron chi connectivity index (χ1n) is 5.04. The van der Waals surface area contributed by atoms with Crippen LogP contribution in [0.25, 0.3) is 0 Å². The van der Waals surface area contributed by atoms with Crippen molar-refractivity contribution in [1.29, 1.82) is 0 Å². The van der Waals surface area contributed by atoms with Crippen LogP contribution in [0, 0.1) is 0 Å². The minimum absolute atomic E-state index is 0.217. The van der Waals surface area contributed by atoms with E-state index in [0.717, 1.165) is 5.56 Å². The fourth-order valence-corrected chi connectivity index (χ4v) is 1.77. The highest BCUT2D eigenvalue weighted by Crippen LogP contribution is 2.21. The fraction of sp³-hybridized carbons (Fsp3) is 0.455. The molecule has 0 radical (unpaired) electrons. The number of nitrogens with one attached hydrogen (secondary N) is 1. The van der Waals surface area contributed by atoms with E-state index in [1.54, 1.807) is 19.4 Å². The zero-order valence-corrected chi connectivity index (χ0v) is 9.71. The number of aliphatic carboxylic acids is 1. The van der Waals surface area contributed by atoms with Crippen molar-refractivity contribution < 1.29 is 9.90 Å². The van der Waals surface area contributed by atoms with E-state index in [-0.39, 0.29) is 6.04 Å². The molecule has 1 heterocycles. The molecule has 16 heavy (non-hydrogen) atoms. The second-order valence-electron chi connectivity index (χ2n) is 3.79. The predicted molar refractivity (Wildman–Crippen MR) is 61.1 cm³/mol. The minimum atomic E-state index is -0.863. The van der Waals surface area contributed by atoms with Crippen LogP contribution in [0.2, 0.25) is 0 Å². The monoisotopic (exact) mass is 223 g/mol. The largest absolute Gasteiger partial charge is 0.480 e. The van der Waals surface area contributed by atoms with Gasteiger partial charge in [-0.3, -0.25) is 9.78 Å². The summed E-state index contributed by atoms with van der Waals surface area (Å²) < 4.78 is 0. The van der Waals surface area contributed by atoms with E-state index in [1.807, 2.05) is 31.1 Å². The second-order valence-corrected chi connectivity index (χ2v) is 3.79. The molecule has 0 aromatic carbocycles. The Balaban J connectivity index is 3.04. The molecule has 0 amide bonds. The number of carboxylic acid groups (broad SMARTS) is 1. The molecule has 1 aromatic heterocycles. The van der Waals surface area contributed by atoms with Gasteiger partial charge < -0.3 is 15.3 Å². The highest BCUT2D eigenvalue weighted by molar-refractivity contribution is 5.74. The standard InChI is InChI=1S/C11H17N3O2/c1-12-9(11(15)16)10(14(2)3)8-4-6-13-7-5-8/h4-7,9-10,12H,1-3H3,(H,15,16). The number of rotatable bonds is 5. The van der Waals surface area contributed by atoms with Gasteiger partial charge in [-0.1, -0.05) is 0 Å². The molecule has 0 fully saturated rings. The van der Waals surface area contributed by atoms with E-state index in [4.69, 9.17) is 5.11 Å². The highest BCUT2D eigenvalue weighted by atomic mass is 16.4. The lowest BCUT2D eigenvalue weighted by Gasteiger charge is -2.29. The lowest BCUT2D eigenvalue weighted by molar-refractivity contribution is -0.141. The molecule has 88 valence electrons. The molecule has 1 aromatic rings. The number of pyridine rings is 1. The first-order chi connectivity index (χ1) is 7.57. The third-order valence-corrected chi connectivity index (χ3v) is 2.50. The van der Waals surface area contributed by atoms with Crippen LogP contribution < -0.4 is 5.32 Å². The number of hydrogen-bond acceptors (Lipinski definition) is 4. The quantitative estimate of drug-likeness (QED) is 0.754. The van der Waals surface area contributed by atoms with E-state index < -0.39 is 12.0 Å². The van der Waals surface area contributed by atoms with Crippen LogP contribution in [0.15, 0.2) is 24.5 Å². The number of hydrogen-bond donors (Lipinski definition) is 2. The Hall–Kier alpha value is -1.46. The lowest BCUT2D eigenvalue weighted by atomic mass is 9.99. The van der Waals surface area contributed by atoms with Crippen molar-refractivity contribution in [2.24, 2.45) is 0 Å². The van der Waals surface area contributed by atoms with Gasteiger partial charge in [0, 0.05) is 12.4 Å². The highest BCUT2D eigenvalue weighted by Gasteiger charge is 2.29. The molecule has 5 heteroatoms. The van der Waals surface area contributed by atoms with E-state index >= 15 is 0 Å². The number of nitrogens with zero attached hydrogens (tertiary/aromatic N) is 2. The number of aromatic nitrogens is 1. The van der Waals surface area contributed by atoms with Crippen LogP contribution in [0.3, 0.4) is 0 Å². The Morgan fingerprint density at radius 1 is 1.44 bits per heavy atom. The van der Waals surface area contributed by atoms with Crippen LogP contribution in [0.1, 0.15) is 11.6 Å². The molecular formula is C11H17N3O2. The molecule has 5 nitrogen and oxygen atoms in total. The Labute approximate surface area is 95.1 Å². The Morgan fingerprint density at radius 3 is 2.38 bits per heavy atom. The Morgan fingerprint density at radius 2 is 2.00 bits per heavy atom. The summed E-state index contributed by atoms with van der Waals surface area (Å²) in [6, 6.07) is 2.80. The molecule has 0 spiro atoms. The van der Waals surface area contributed by atoms with Crippen LogP contribution in [0.4, 0.5) is 0 Å². The molecule has 0 bridgehead atoms. The van der Waals surface area contributed by atoms with Crippen LogP contribution in [-0.4, -0.2) is 48.1 Å². The third-order valence-electron chi connectivity index (χ3n) is 2.50. The molecule has 0 saturated heterocycles. The zero-order chi connectivity index (χ0) is 12.1. The van der Waals surface area contributed by atoms with Crippen molar-refractivity contribution in [3.63, 3.8) is 0 Å². The van der Waals surface area contributed by atoms with Crippen molar-refractivity contribution >= 4 is 5.97 Å². The van der Waals surface area contributed by atoms with Gasteiger partial charge in [0.2, 0.25) is 0 Å². The summed E-state index contributed by atoms with van der Waals surface area (Å²) in [5.41, 5.74) is 0.932. The molecular weight excluding hydrogens is 206 g/mol. The van der Waals surface area contributed by atoms with Gasteiger partial charge in [-0.2, -0.15) is 0 Å². The Kier molecular flexibility index (Phi) is 4.39.